The Morgan fingerprint density at radius 1 is 1.20 bits per heavy atom. The minimum atomic E-state index is -4.60. The summed E-state index contributed by atoms with van der Waals surface area (Å²) < 4.78 is 49.4. The first-order valence-corrected chi connectivity index (χ1v) is 3.91. The van der Waals surface area contributed by atoms with Gasteiger partial charge >= 0.3 is 6.18 Å². The summed E-state index contributed by atoms with van der Waals surface area (Å²) in [6.45, 7) is -0.488. The van der Waals surface area contributed by atoms with Gasteiger partial charge in [-0.05, 0) is 18.2 Å². The molecule has 0 saturated carbocycles. The third-order valence-corrected chi connectivity index (χ3v) is 1.54. The lowest BCUT2D eigenvalue weighted by Gasteiger charge is -2.06. The molecule has 1 N–H and O–H groups in total. The van der Waals surface area contributed by atoms with Crippen molar-refractivity contribution < 1.29 is 22.7 Å². The number of halogens is 4. The van der Waals surface area contributed by atoms with E-state index in [0.717, 1.165) is 12.1 Å². The van der Waals surface area contributed by atoms with Gasteiger partial charge in [0.1, 0.15) is 12.4 Å². The molecule has 0 amide bonds. The number of hydrogen-bond donors (Lipinski definition) is 1. The zero-order valence-electron chi connectivity index (χ0n) is 7.40. The van der Waals surface area contributed by atoms with Crippen LogP contribution in [0, 0.1) is 17.7 Å². The van der Waals surface area contributed by atoms with Crippen molar-refractivity contribution in [1.82, 2.24) is 0 Å². The Hall–Kier alpha value is -1.54. The smallest absolute Gasteiger partial charge is 0.384 e. The number of rotatable bonds is 0. The fourth-order valence-electron chi connectivity index (χ4n) is 0.967. The number of aliphatic hydroxyl groups is 1. The topological polar surface area (TPSA) is 20.2 Å². The molecule has 15 heavy (non-hydrogen) atoms. The standard InChI is InChI=1S/C10H6F4O/c11-9-5-7(2-1-3-15)4-8(6-9)10(12,13)14/h4-6,15H,3H2. The molecule has 0 unspecified atom stereocenters. The van der Waals surface area contributed by atoms with E-state index < -0.39 is 24.2 Å². The largest absolute Gasteiger partial charge is 0.416 e. The van der Waals surface area contributed by atoms with Crippen LogP contribution in [0.3, 0.4) is 0 Å². The van der Waals surface area contributed by atoms with E-state index >= 15 is 0 Å². The monoisotopic (exact) mass is 218 g/mol. The predicted octanol–water partition coefficient (Wildman–Crippen LogP) is 2.19. The zero-order chi connectivity index (χ0) is 11.5. The lowest BCUT2D eigenvalue weighted by molar-refractivity contribution is -0.137. The minimum Gasteiger partial charge on any atom is -0.384 e. The fraction of sp³-hybridized carbons (Fsp3) is 0.200. The molecular formula is C10H6F4O. The maximum absolute atomic E-state index is 12.8. The van der Waals surface area contributed by atoms with E-state index in [1.807, 2.05) is 0 Å². The minimum absolute atomic E-state index is 0.114. The average molecular weight is 218 g/mol. The van der Waals surface area contributed by atoms with E-state index in [2.05, 4.69) is 11.8 Å². The van der Waals surface area contributed by atoms with E-state index in [1.165, 1.54) is 0 Å². The van der Waals surface area contributed by atoms with Crippen molar-refractivity contribution in [1.29, 1.82) is 0 Å². The highest BCUT2D eigenvalue weighted by molar-refractivity contribution is 5.38. The van der Waals surface area contributed by atoms with Crippen LogP contribution < -0.4 is 0 Å². The highest BCUT2D eigenvalue weighted by Crippen LogP contribution is 2.30. The summed E-state index contributed by atoms with van der Waals surface area (Å²) in [5, 5.41) is 8.34. The van der Waals surface area contributed by atoms with Gasteiger partial charge in [-0.25, -0.2) is 4.39 Å². The van der Waals surface area contributed by atoms with Crippen molar-refractivity contribution in [2.75, 3.05) is 6.61 Å². The summed E-state index contributed by atoms with van der Waals surface area (Å²) in [5.74, 6) is 3.34. The Labute approximate surface area is 83.3 Å². The molecule has 80 valence electrons. The summed E-state index contributed by atoms with van der Waals surface area (Å²) >= 11 is 0. The maximum Gasteiger partial charge on any atom is 0.416 e. The molecule has 0 aliphatic carbocycles. The summed E-state index contributed by atoms with van der Waals surface area (Å²) in [6, 6.07) is 1.99. The Balaban J connectivity index is 3.17. The van der Waals surface area contributed by atoms with Gasteiger partial charge in [0.25, 0.3) is 0 Å². The van der Waals surface area contributed by atoms with Crippen LogP contribution in [-0.4, -0.2) is 11.7 Å². The maximum atomic E-state index is 12.8. The first-order valence-electron chi connectivity index (χ1n) is 3.91. The van der Waals surface area contributed by atoms with Crippen LogP contribution in [0.15, 0.2) is 18.2 Å². The lowest BCUT2D eigenvalue weighted by Crippen LogP contribution is -2.05. The molecule has 0 aliphatic rings. The average Bonchev–Trinajstić information content (AvgIpc) is 2.12. The zero-order valence-corrected chi connectivity index (χ0v) is 7.40. The van der Waals surface area contributed by atoms with Crippen LogP contribution in [0.25, 0.3) is 0 Å². The predicted molar refractivity (Wildman–Crippen MR) is 45.4 cm³/mol. The van der Waals surface area contributed by atoms with Crippen molar-refractivity contribution in [3.05, 3.63) is 35.1 Å². The van der Waals surface area contributed by atoms with Gasteiger partial charge in [-0.1, -0.05) is 11.8 Å². The third kappa shape index (κ3) is 3.26. The van der Waals surface area contributed by atoms with E-state index in [9.17, 15) is 17.6 Å². The van der Waals surface area contributed by atoms with Gasteiger partial charge in [0.05, 0.1) is 5.56 Å². The van der Waals surface area contributed by atoms with E-state index in [0.29, 0.717) is 6.07 Å². The molecule has 0 aliphatic heterocycles. The molecule has 0 bridgehead atoms. The highest BCUT2D eigenvalue weighted by atomic mass is 19.4. The highest BCUT2D eigenvalue weighted by Gasteiger charge is 2.31. The summed E-state index contributed by atoms with van der Waals surface area (Å²) in [5.41, 5.74) is -1.21. The second-order valence-corrected chi connectivity index (χ2v) is 2.69. The Kier molecular flexibility index (Phi) is 3.32. The second kappa shape index (κ2) is 4.32. The molecule has 5 heteroatoms. The number of benzene rings is 1. The fourth-order valence-corrected chi connectivity index (χ4v) is 0.967. The van der Waals surface area contributed by atoms with Crippen LogP contribution in [0.4, 0.5) is 17.6 Å². The van der Waals surface area contributed by atoms with Crippen molar-refractivity contribution in [2.45, 2.75) is 6.18 Å². The summed E-state index contributed by atoms with van der Waals surface area (Å²) in [4.78, 5) is 0. The molecule has 0 heterocycles. The molecular weight excluding hydrogens is 212 g/mol. The first-order chi connectivity index (χ1) is 6.93. The quantitative estimate of drug-likeness (QED) is 0.522. The van der Waals surface area contributed by atoms with Crippen molar-refractivity contribution in [3.8, 4) is 11.8 Å². The third-order valence-electron chi connectivity index (χ3n) is 1.54. The van der Waals surface area contributed by atoms with Crippen LogP contribution in [0.2, 0.25) is 0 Å². The van der Waals surface area contributed by atoms with Crippen LogP contribution in [0.5, 0.6) is 0 Å². The van der Waals surface area contributed by atoms with Gasteiger partial charge in [-0.2, -0.15) is 13.2 Å². The van der Waals surface area contributed by atoms with Crippen LogP contribution in [0.1, 0.15) is 11.1 Å². The van der Waals surface area contributed by atoms with Gasteiger partial charge < -0.3 is 5.11 Å². The van der Waals surface area contributed by atoms with E-state index in [1.54, 1.807) is 0 Å². The molecule has 0 radical (unpaired) electrons. The van der Waals surface area contributed by atoms with Gasteiger partial charge in [0.15, 0.2) is 0 Å². The van der Waals surface area contributed by atoms with Gasteiger partial charge in [-0.3, -0.25) is 0 Å². The summed E-state index contributed by atoms with van der Waals surface area (Å²) in [6.07, 6.45) is -4.60. The molecule has 0 fully saturated rings. The molecule has 0 spiro atoms. The Morgan fingerprint density at radius 2 is 1.87 bits per heavy atom. The summed E-state index contributed by atoms with van der Waals surface area (Å²) in [7, 11) is 0. The van der Waals surface area contributed by atoms with Crippen LogP contribution >= 0.6 is 0 Å². The number of hydrogen-bond acceptors (Lipinski definition) is 1. The van der Waals surface area contributed by atoms with E-state index in [4.69, 9.17) is 5.11 Å². The van der Waals surface area contributed by atoms with Gasteiger partial charge in [-0.15, -0.1) is 0 Å². The lowest BCUT2D eigenvalue weighted by atomic mass is 10.1. The molecule has 1 aromatic carbocycles. The molecule has 0 atom stereocenters. The molecule has 1 rings (SSSR count). The normalized spacial score (nSPS) is 10.7. The number of alkyl halides is 3. The van der Waals surface area contributed by atoms with Crippen LogP contribution in [-0.2, 0) is 6.18 Å². The van der Waals surface area contributed by atoms with Crippen molar-refractivity contribution >= 4 is 0 Å². The van der Waals surface area contributed by atoms with E-state index in [-0.39, 0.29) is 5.56 Å². The number of aliphatic hydroxyl groups excluding tert-OH is 1. The molecule has 1 nitrogen and oxygen atoms in total. The van der Waals surface area contributed by atoms with Crippen molar-refractivity contribution in [2.24, 2.45) is 0 Å². The Bertz CT molecular complexity index is 412. The van der Waals surface area contributed by atoms with Crippen molar-refractivity contribution in [3.63, 3.8) is 0 Å². The van der Waals surface area contributed by atoms with Gasteiger partial charge in [0.2, 0.25) is 0 Å². The molecule has 0 saturated heterocycles. The second-order valence-electron chi connectivity index (χ2n) is 2.69. The SMILES string of the molecule is OCC#Cc1cc(F)cc(C(F)(F)F)c1. The molecule has 1 aromatic rings. The Morgan fingerprint density at radius 3 is 2.40 bits per heavy atom. The first kappa shape index (κ1) is 11.5. The molecule has 0 aromatic heterocycles. The van der Waals surface area contributed by atoms with Gasteiger partial charge in [0, 0.05) is 5.56 Å².